The number of aromatic nitrogens is 1. The number of nitrogens with zero attached hydrogens (tertiary/aromatic N) is 1. The van der Waals surface area contributed by atoms with Crippen molar-refractivity contribution in [1.29, 1.82) is 0 Å². The SMILES string of the molecule is Nc1ccc(-c2c3ccccc3c(-c3cnc4ccccc4c3)c3ccccc23)cc1. The van der Waals surface area contributed by atoms with Gasteiger partial charge in [0.25, 0.3) is 0 Å². The number of fused-ring (bicyclic) bond motifs is 3. The highest BCUT2D eigenvalue weighted by molar-refractivity contribution is 6.21. The molecule has 0 aliphatic heterocycles. The molecule has 2 N–H and O–H groups in total. The van der Waals surface area contributed by atoms with E-state index in [0.29, 0.717) is 0 Å². The van der Waals surface area contributed by atoms with Crippen molar-refractivity contribution in [2.45, 2.75) is 0 Å². The minimum Gasteiger partial charge on any atom is -0.399 e. The normalized spacial score (nSPS) is 11.4. The Morgan fingerprint density at radius 3 is 1.65 bits per heavy atom. The third kappa shape index (κ3) is 2.84. The summed E-state index contributed by atoms with van der Waals surface area (Å²) in [5, 5.41) is 6.06. The highest BCUT2D eigenvalue weighted by atomic mass is 14.6. The first kappa shape index (κ1) is 17.7. The average Bonchev–Trinajstić information content (AvgIpc) is 2.83. The minimum absolute atomic E-state index is 0.774. The van der Waals surface area contributed by atoms with Crippen LogP contribution in [0.25, 0.3) is 54.7 Å². The molecule has 146 valence electrons. The van der Waals surface area contributed by atoms with Gasteiger partial charge < -0.3 is 5.73 Å². The molecule has 0 fully saturated rings. The molecule has 0 bridgehead atoms. The maximum atomic E-state index is 5.97. The minimum atomic E-state index is 0.774. The van der Waals surface area contributed by atoms with Crippen LogP contribution in [0.4, 0.5) is 5.69 Å². The number of nitrogens with two attached hydrogens (primary N) is 1. The van der Waals surface area contributed by atoms with E-state index in [1.165, 1.54) is 38.2 Å². The summed E-state index contributed by atoms with van der Waals surface area (Å²) in [6.45, 7) is 0. The number of nitrogen functional groups attached to an aromatic ring is 1. The van der Waals surface area contributed by atoms with Crippen molar-refractivity contribution in [2.24, 2.45) is 0 Å². The average molecular weight is 396 g/mol. The van der Waals surface area contributed by atoms with Crippen LogP contribution in [0.2, 0.25) is 0 Å². The third-order valence-corrected chi connectivity index (χ3v) is 6.01. The molecule has 0 aliphatic carbocycles. The Hall–Kier alpha value is -4.17. The molecule has 0 unspecified atom stereocenters. The first-order valence-electron chi connectivity index (χ1n) is 10.4. The molecule has 31 heavy (non-hydrogen) atoms. The van der Waals surface area contributed by atoms with E-state index in [4.69, 9.17) is 10.7 Å². The molecule has 0 atom stereocenters. The zero-order valence-electron chi connectivity index (χ0n) is 16.9. The fraction of sp³-hybridized carbons (Fsp3) is 0. The first-order chi connectivity index (χ1) is 15.3. The molecule has 6 rings (SSSR count). The second-order valence-corrected chi connectivity index (χ2v) is 7.88. The quantitative estimate of drug-likeness (QED) is 0.244. The summed E-state index contributed by atoms with van der Waals surface area (Å²) in [6, 6.07) is 36.0. The molecule has 2 heteroatoms. The van der Waals surface area contributed by atoms with Gasteiger partial charge in [0.2, 0.25) is 0 Å². The fourth-order valence-corrected chi connectivity index (χ4v) is 4.61. The number of hydrogen-bond acceptors (Lipinski definition) is 2. The smallest absolute Gasteiger partial charge is 0.0702 e. The summed E-state index contributed by atoms with van der Waals surface area (Å²) in [5.74, 6) is 0. The summed E-state index contributed by atoms with van der Waals surface area (Å²) in [4.78, 5) is 4.75. The van der Waals surface area contributed by atoms with Gasteiger partial charge in [0.15, 0.2) is 0 Å². The predicted octanol–water partition coefficient (Wildman–Crippen LogP) is 7.46. The van der Waals surface area contributed by atoms with Crippen molar-refractivity contribution in [3.63, 3.8) is 0 Å². The van der Waals surface area contributed by atoms with Crippen LogP contribution in [0.5, 0.6) is 0 Å². The van der Waals surface area contributed by atoms with E-state index in [0.717, 1.165) is 22.2 Å². The Bertz CT molecular complexity index is 1520. The van der Waals surface area contributed by atoms with Crippen LogP contribution in [0.1, 0.15) is 0 Å². The molecule has 0 saturated carbocycles. The van der Waals surface area contributed by atoms with Crippen LogP contribution >= 0.6 is 0 Å². The summed E-state index contributed by atoms with van der Waals surface area (Å²) in [6.07, 6.45) is 2.00. The van der Waals surface area contributed by atoms with E-state index in [1.54, 1.807) is 0 Å². The number of benzene rings is 5. The number of anilines is 1. The second kappa shape index (κ2) is 6.96. The van der Waals surface area contributed by atoms with E-state index in [9.17, 15) is 0 Å². The van der Waals surface area contributed by atoms with Crippen molar-refractivity contribution < 1.29 is 0 Å². The molecule has 0 saturated heterocycles. The molecule has 0 aliphatic rings. The lowest BCUT2D eigenvalue weighted by Crippen LogP contribution is -1.92. The highest BCUT2D eigenvalue weighted by Crippen LogP contribution is 2.43. The molecule has 1 heterocycles. The van der Waals surface area contributed by atoms with E-state index >= 15 is 0 Å². The molecule has 5 aromatic carbocycles. The maximum Gasteiger partial charge on any atom is 0.0702 e. The summed E-state index contributed by atoms with van der Waals surface area (Å²) < 4.78 is 0. The monoisotopic (exact) mass is 396 g/mol. The summed E-state index contributed by atoms with van der Waals surface area (Å²) in [7, 11) is 0. The van der Waals surface area contributed by atoms with Gasteiger partial charge in [0.1, 0.15) is 0 Å². The Morgan fingerprint density at radius 2 is 1.03 bits per heavy atom. The van der Waals surface area contributed by atoms with Gasteiger partial charge in [-0.15, -0.1) is 0 Å². The molecule has 1 aromatic heterocycles. The molecular formula is C29H20N2. The second-order valence-electron chi connectivity index (χ2n) is 7.88. The number of pyridine rings is 1. The molecule has 0 radical (unpaired) electrons. The summed E-state index contributed by atoms with van der Waals surface area (Å²) >= 11 is 0. The van der Waals surface area contributed by atoms with Crippen LogP contribution < -0.4 is 5.73 Å². The van der Waals surface area contributed by atoms with Gasteiger partial charge in [-0.3, -0.25) is 4.98 Å². The van der Waals surface area contributed by atoms with Gasteiger partial charge in [-0.1, -0.05) is 78.9 Å². The van der Waals surface area contributed by atoms with Gasteiger partial charge >= 0.3 is 0 Å². The largest absolute Gasteiger partial charge is 0.399 e. The lowest BCUT2D eigenvalue weighted by Gasteiger charge is -2.17. The molecular weight excluding hydrogens is 376 g/mol. The lowest BCUT2D eigenvalue weighted by molar-refractivity contribution is 1.41. The van der Waals surface area contributed by atoms with Crippen LogP contribution in [-0.4, -0.2) is 4.98 Å². The zero-order valence-corrected chi connectivity index (χ0v) is 16.9. The van der Waals surface area contributed by atoms with Crippen molar-refractivity contribution in [1.82, 2.24) is 4.98 Å². The van der Waals surface area contributed by atoms with Gasteiger partial charge in [0, 0.05) is 22.8 Å². The van der Waals surface area contributed by atoms with Crippen LogP contribution in [-0.2, 0) is 0 Å². The lowest BCUT2D eigenvalue weighted by atomic mass is 9.86. The number of hydrogen-bond donors (Lipinski definition) is 1. The predicted molar refractivity (Wildman–Crippen MR) is 132 cm³/mol. The van der Waals surface area contributed by atoms with E-state index in [1.807, 2.05) is 24.4 Å². The number of para-hydroxylation sites is 1. The zero-order chi connectivity index (χ0) is 20.8. The van der Waals surface area contributed by atoms with Gasteiger partial charge in [-0.25, -0.2) is 0 Å². The van der Waals surface area contributed by atoms with Gasteiger partial charge in [0.05, 0.1) is 5.52 Å². The van der Waals surface area contributed by atoms with E-state index in [2.05, 4.69) is 84.9 Å². The molecule has 2 nitrogen and oxygen atoms in total. The van der Waals surface area contributed by atoms with Crippen LogP contribution in [0, 0.1) is 0 Å². The molecule has 0 spiro atoms. The van der Waals surface area contributed by atoms with Crippen LogP contribution in [0.3, 0.4) is 0 Å². The Balaban J connectivity index is 1.76. The Kier molecular flexibility index (Phi) is 3.97. The van der Waals surface area contributed by atoms with Crippen LogP contribution in [0.15, 0.2) is 109 Å². The maximum absolute atomic E-state index is 5.97. The third-order valence-electron chi connectivity index (χ3n) is 6.01. The number of rotatable bonds is 2. The Labute approximate surface area is 180 Å². The van der Waals surface area contributed by atoms with E-state index < -0.39 is 0 Å². The van der Waals surface area contributed by atoms with Crippen molar-refractivity contribution in [3.8, 4) is 22.3 Å². The first-order valence-corrected chi connectivity index (χ1v) is 10.4. The molecule has 6 aromatic rings. The van der Waals surface area contributed by atoms with Gasteiger partial charge in [-0.05, 0) is 62.5 Å². The fourth-order valence-electron chi connectivity index (χ4n) is 4.61. The molecule has 0 amide bonds. The standard InChI is InChI=1S/C29H20N2/c30-22-15-13-19(14-16-22)28-23-8-2-4-10-25(23)29(26-11-5-3-9-24(26)28)21-17-20-7-1-6-12-27(20)31-18-21/h1-18H,30H2. The Morgan fingerprint density at radius 1 is 0.516 bits per heavy atom. The van der Waals surface area contributed by atoms with Crippen molar-refractivity contribution >= 4 is 38.1 Å². The van der Waals surface area contributed by atoms with E-state index in [-0.39, 0.29) is 0 Å². The summed E-state index contributed by atoms with van der Waals surface area (Å²) in [5.41, 5.74) is 12.5. The highest BCUT2D eigenvalue weighted by Gasteiger charge is 2.16. The van der Waals surface area contributed by atoms with Crippen molar-refractivity contribution in [3.05, 3.63) is 109 Å². The van der Waals surface area contributed by atoms with Crippen molar-refractivity contribution in [2.75, 3.05) is 5.73 Å². The topological polar surface area (TPSA) is 38.9 Å². The van der Waals surface area contributed by atoms with Gasteiger partial charge in [-0.2, -0.15) is 0 Å².